The summed E-state index contributed by atoms with van der Waals surface area (Å²) in [6, 6.07) is 6.08. The molecular weight excluding hydrogens is 344 g/mol. The number of fused-ring (bicyclic) bond motifs is 1. The molecule has 2 N–H and O–H groups in total. The van der Waals surface area contributed by atoms with Gasteiger partial charge in [-0.15, -0.1) is 0 Å². The number of benzene rings is 1. The van der Waals surface area contributed by atoms with Gasteiger partial charge in [0.2, 0.25) is 5.91 Å². The lowest BCUT2D eigenvalue weighted by Gasteiger charge is -2.21. The van der Waals surface area contributed by atoms with E-state index < -0.39 is 0 Å². The fourth-order valence-electron chi connectivity index (χ4n) is 3.51. The van der Waals surface area contributed by atoms with Gasteiger partial charge >= 0.3 is 0 Å². The fourth-order valence-corrected chi connectivity index (χ4v) is 3.51. The van der Waals surface area contributed by atoms with Gasteiger partial charge in [0.1, 0.15) is 5.58 Å². The van der Waals surface area contributed by atoms with E-state index in [1.807, 2.05) is 6.92 Å². The zero-order valence-corrected chi connectivity index (χ0v) is 15.7. The van der Waals surface area contributed by atoms with E-state index in [1.54, 1.807) is 18.2 Å². The normalized spacial score (nSPS) is 14.9. The summed E-state index contributed by atoms with van der Waals surface area (Å²) in [7, 11) is 0. The zero-order valence-electron chi connectivity index (χ0n) is 15.7. The Labute approximate surface area is 158 Å². The van der Waals surface area contributed by atoms with Crippen molar-refractivity contribution in [1.29, 1.82) is 0 Å². The summed E-state index contributed by atoms with van der Waals surface area (Å²) in [6.45, 7) is 2.54. The molecule has 6 nitrogen and oxygen atoms in total. The number of hydrogen-bond acceptors (Lipinski definition) is 4. The molecule has 1 heterocycles. The molecular formula is C21H26N2O4. The van der Waals surface area contributed by atoms with Crippen LogP contribution >= 0.6 is 0 Å². The lowest BCUT2D eigenvalue weighted by Crippen LogP contribution is -2.30. The standard InChI is InChI=1S/C21H26N2O4/c1-2-6-20(25)23-15-9-10-18-16(11-15)17(24)12-19(27-18)21(26)22-13-14-7-4-3-5-8-14/h9-12,14H,2-8,13H2,1H3,(H,22,26)(H,23,25). The third kappa shape index (κ3) is 4.96. The van der Waals surface area contributed by atoms with Gasteiger partial charge in [-0.05, 0) is 43.4 Å². The Morgan fingerprint density at radius 2 is 1.93 bits per heavy atom. The van der Waals surface area contributed by atoms with Gasteiger partial charge in [0.25, 0.3) is 5.91 Å². The maximum absolute atomic E-state index is 12.4. The minimum absolute atomic E-state index is 0.0195. The minimum Gasteiger partial charge on any atom is -0.451 e. The van der Waals surface area contributed by atoms with E-state index >= 15 is 0 Å². The molecule has 1 aliphatic rings. The number of carbonyl (C=O) groups is 2. The highest BCUT2D eigenvalue weighted by atomic mass is 16.3. The Morgan fingerprint density at radius 3 is 2.67 bits per heavy atom. The quantitative estimate of drug-likeness (QED) is 0.808. The van der Waals surface area contributed by atoms with E-state index in [-0.39, 0.29) is 23.0 Å². The first kappa shape index (κ1) is 19.1. The molecule has 0 atom stereocenters. The second kappa shape index (κ2) is 8.84. The van der Waals surface area contributed by atoms with E-state index in [2.05, 4.69) is 10.6 Å². The first-order valence-corrected chi connectivity index (χ1v) is 9.72. The molecule has 6 heteroatoms. The Kier molecular flexibility index (Phi) is 6.27. The van der Waals surface area contributed by atoms with E-state index in [9.17, 15) is 14.4 Å². The SMILES string of the molecule is CCCC(=O)Nc1ccc2oc(C(=O)NCC3CCCCC3)cc(=O)c2c1. The Morgan fingerprint density at radius 1 is 1.15 bits per heavy atom. The average molecular weight is 370 g/mol. The van der Waals surface area contributed by atoms with Crippen LogP contribution in [-0.4, -0.2) is 18.4 Å². The molecule has 1 aliphatic carbocycles. The fraction of sp³-hybridized carbons (Fsp3) is 0.476. The summed E-state index contributed by atoms with van der Waals surface area (Å²) >= 11 is 0. The molecule has 27 heavy (non-hydrogen) atoms. The molecule has 2 aromatic rings. The van der Waals surface area contributed by atoms with Crippen molar-refractivity contribution in [1.82, 2.24) is 5.32 Å². The van der Waals surface area contributed by atoms with Crippen LogP contribution in [0.25, 0.3) is 11.0 Å². The highest BCUT2D eigenvalue weighted by Crippen LogP contribution is 2.23. The first-order valence-electron chi connectivity index (χ1n) is 9.72. The highest BCUT2D eigenvalue weighted by Gasteiger charge is 2.17. The van der Waals surface area contributed by atoms with Crippen LogP contribution in [0.5, 0.6) is 0 Å². The van der Waals surface area contributed by atoms with Crippen LogP contribution < -0.4 is 16.1 Å². The van der Waals surface area contributed by atoms with Crippen molar-refractivity contribution in [2.75, 3.05) is 11.9 Å². The van der Waals surface area contributed by atoms with Crippen molar-refractivity contribution in [2.45, 2.75) is 51.9 Å². The number of nitrogens with one attached hydrogen (secondary N) is 2. The van der Waals surface area contributed by atoms with Gasteiger partial charge in [-0.2, -0.15) is 0 Å². The van der Waals surface area contributed by atoms with Gasteiger partial charge in [0.15, 0.2) is 11.2 Å². The number of amides is 2. The Balaban J connectivity index is 1.72. The van der Waals surface area contributed by atoms with Crippen LogP contribution in [0.3, 0.4) is 0 Å². The lowest BCUT2D eigenvalue weighted by atomic mass is 9.89. The third-order valence-corrected chi connectivity index (χ3v) is 4.99. The van der Waals surface area contributed by atoms with Crippen LogP contribution in [0.1, 0.15) is 62.4 Å². The highest BCUT2D eigenvalue weighted by molar-refractivity contribution is 5.95. The van der Waals surface area contributed by atoms with Crippen molar-refractivity contribution in [2.24, 2.45) is 5.92 Å². The molecule has 0 saturated heterocycles. The molecule has 2 amide bonds. The first-order chi connectivity index (χ1) is 13.1. The summed E-state index contributed by atoms with van der Waals surface area (Å²) in [5.74, 6) is 0.0649. The van der Waals surface area contributed by atoms with Gasteiger partial charge in [0, 0.05) is 24.7 Å². The average Bonchev–Trinajstić information content (AvgIpc) is 2.67. The Bertz CT molecular complexity index is 881. The van der Waals surface area contributed by atoms with Gasteiger partial charge in [-0.3, -0.25) is 14.4 Å². The molecule has 0 radical (unpaired) electrons. The largest absolute Gasteiger partial charge is 0.451 e. The molecule has 0 bridgehead atoms. The van der Waals surface area contributed by atoms with Crippen LogP contribution in [-0.2, 0) is 4.79 Å². The molecule has 3 rings (SSSR count). The van der Waals surface area contributed by atoms with Gasteiger partial charge in [0.05, 0.1) is 5.39 Å². The number of carbonyl (C=O) groups excluding carboxylic acids is 2. The third-order valence-electron chi connectivity index (χ3n) is 4.99. The molecule has 1 aromatic heterocycles. The van der Waals surface area contributed by atoms with Crippen LogP contribution in [0.4, 0.5) is 5.69 Å². The topological polar surface area (TPSA) is 88.4 Å². The van der Waals surface area contributed by atoms with Crippen molar-refractivity contribution in [3.8, 4) is 0 Å². The Hall–Kier alpha value is -2.63. The summed E-state index contributed by atoms with van der Waals surface area (Å²) < 4.78 is 5.63. The second-order valence-corrected chi connectivity index (χ2v) is 7.20. The van der Waals surface area contributed by atoms with E-state index in [1.165, 1.54) is 25.3 Å². The number of hydrogen-bond donors (Lipinski definition) is 2. The second-order valence-electron chi connectivity index (χ2n) is 7.20. The summed E-state index contributed by atoms with van der Waals surface area (Å²) in [5.41, 5.74) is 0.576. The predicted molar refractivity (Wildman–Crippen MR) is 105 cm³/mol. The molecule has 144 valence electrons. The van der Waals surface area contributed by atoms with Gasteiger partial charge in [-0.25, -0.2) is 0 Å². The molecule has 1 aromatic carbocycles. The maximum atomic E-state index is 12.4. The van der Waals surface area contributed by atoms with Gasteiger partial charge in [-0.1, -0.05) is 26.2 Å². The van der Waals surface area contributed by atoms with Crippen LogP contribution in [0, 0.1) is 5.92 Å². The summed E-state index contributed by atoms with van der Waals surface area (Å²) in [6.07, 6.45) is 7.13. The van der Waals surface area contributed by atoms with Crippen molar-refractivity contribution in [3.05, 3.63) is 40.2 Å². The van der Waals surface area contributed by atoms with Crippen molar-refractivity contribution < 1.29 is 14.0 Å². The monoisotopic (exact) mass is 370 g/mol. The maximum Gasteiger partial charge on any atom is 0.287 e. The predicted octanol–water partition coefficient (Wildman–Crippen LogP) is 3.84. The summed E-state index contributed by atoms with van der Waals surface area (Å²) in [4.78, 5) is 36.5. The van der Waals surface area contributed by atoms with Crippen LogP contribution in [0.15, 0.2) is 33.5 Å². The van der Waals surface area contributed by atoms with E-state index in [0.717, 1.165) is 19.3 Å². The molecule has 0 unspecified atom stereocenters. The van der Waals surface area contributed by atoms with Gasteiger partial charge < -0.3 is 15.1 Å². The molecule has 1 fully saturated rings. The lowest BCUT2D eigenvalue weighted by molar-refractivity contribution is -0.116. The van der Waals surface area contributed by atoms with E-state index in [4.69, 9.17) is 4.42 Å². The summed E-state index contributed by atoms with van der Waals surface area (Å²) in [5, 5.41) is 5.98. The number of anilines is 1. The molecule has 1 saturated carbocycles. The molecule has 0 aliphatic heterocycles. The smallest absolute Gasteiger partial charge is 0.287 e. The van der Waals surface area contributed by atoms with Crippen LogP contribution in [0.2, 0.25) is 0 Å². The van der Waals surface area contributed by atoms with E-state index in [0.29, 0.717) is 35.5 Å². The van der Waals surface area contributed by atoms with Crippen molar-refractivity contribution in [3.63, 3.8) is 0 Å². The van der Waals surface area contributed by atoms with Crippen molar-refractivity contribution >= 4 is 28.5 Å². The molecule has 0 spiro atoms. The minimum atomic E-state index is -0.361. The number of rotatable bonds is 6. The zero-order chi connectivity index (χ0) is 19.2.